The van der Waals surface area contributed by atoms with Crippen LogP contribution in [0, 0.1) is 0 Å². The van der Waals surface area contributed by atoms with Gasteiger partial charge in [-0.2, -0.15) is 0 Å². The predicted octanol–water partition coefficient (Wildman–Crippen LogP) is 5.49. The summed E-state index contributed by atoms with van der Waals surface area (Å²) in [5.41, 5.74) is 2.88. The Kier molecular flexibility index (Phi) is 5.57. The molecule has 3 aromatic rings. The van der Waals surface area contributed by atoms with Crippen molar-refractivity contribution in [3.8, 4) is 40.1 Å². The summed E-state index contributed by atoms with van der Waals surface area (Å²) >= 11 is 0. The maximum Gasteiger partial charge on any atom is 0.204 e. The third-order valence-electron chi connectivity index (χ3n) is 5.52. The van der Waals surface area contributed by atoms with Crippen LogP contribution in [0.2, 0.25) is 0 Å². The van der Waals surface area contributed by atoms with E-state index in [9.17, 15) is 20.1 Å². The van der Waals surface area contributed by atoms with Crippen LogP contribution in [0.4, 0.5) is 0 Å². The molecule has 0 saturated heterocycles. The summed E-state index contributed by atoms with van der Waals surface area (Å²) in [7, 11) is 1.48. The second kappa shape index (κ2) is 8.24. The van der Waals surface area contributed by atoms with Gasteiger partial charge >= 0.3 is 0 Å². The molecule has 1 aromatic heterocycles. The van der Waals surface area contributed by atoms with E-state index < -0.39 is 11.5 Å². The maximum atomic E-state index is 13.7. The fourth-order valence-corrected chi connectivity index (χ4v) is 3.98. The van der Waals surface area contributed by atoms with Crippen LogP contribution in [-0.2, 0) is 6.42 Å². The lowest BCUT2D eigenvalue weighted by atomic mass is 9.94. The van der Waals surface area contributed by atoms with Crippen LogP contribution in [0.15, 0.2) is 50.7 Å². The lowest BCUT2D eigenvalue weighted by Gasteiger charge is -2.27. The molecule has 172 valence electrons. The summed E-state index contributed by atoms with van der Waals surface area (Å²) in [6.45, 7) is 7.66. The van der Waals surface area contributed by atoms with Gasteiger partial charge in [-0.25, -0.2) is 0 Å². The van der Waals surface area contributed by atoms with E-state index in [1.807, 2.05) is 33.8 Å². The van der Waals surface area contributed by atoms with Gasteiger partial charge in [0.1, 0.15) is 40.1 Å². The molecule has 7 heteroatoms. The summed E-state index contributed by atoms with van der Waals surface area (Å²) in [6.07, 6.45) is 3.36. The number of rotatable bonds is 4. The van der Waals surface area contributed by atoms with Crippen molar-refractivity contribution in [2.24, 2.45) is 0 Å². The SMILES string of the molecule is COc1cc(O)c2c(=O)c3c(oc2c1CC=C(C)C)-c1cc(O)c(O)cc1OC3C=C(C)C. The standard InChI is InChI=1S/C26H26O7/c1-12(2)6-7-14-19(31-5)11-18(29)22-24(30)23-21(8-13(3)4)32-20-10-17(28)16(27)9-15(20)26(23)33-25(14)22/h6,8-11,21,27-29H,7H2,1-5H3. The van der Waals surface area contributed by atoms with E-state index in [0.29, 0.717) is 23.3 Å². The number of hydrogen-bond donors (Lipinski definition) is 3. The van der Waals surface area contributed by atoms with E-state index in [-0.39, 0.29) is 45.3 Å². The zero-order valence-corrected chi connectivity index (χ0v) is 19.1. The summed E-state index contributed by atoms with van der Waals surface area (Å²) in [5, 5.41) is 30.9. The van der Waals surface area contributed by atoms with E-state index in [2.05, 4.69) is 0 Å². The van der Waals surface area contributed by atoms with Gasteiger partial charge in [0.05, 0.1) is 18.2 Å². The minimum absolute atomic E-state index is 0.0360. The van der Waals surface area contributed by atoms with E-state index in [0.717, 1.165) is 11.1 Å². The van der Waals surface area contributed by atoms with E-state index in [4.69, 9.17) is 13.9 Å². The molecule has 1 aliphatic heterocycles. The molecular weight excluding hydrogens is 424 g/mol. The second-order valence-corrected chi connectivity index (χ2v) is 8.56. The third-order valence-corrected chi connectivity index (χ3v) is 5.52. The Balaban J connectivity index is 2.16. The first-order chi connectivity index (χ1) is 15.6. The quantitative estimate of drug-likeness (QED) is 0.356. The monoisotopic (exact) mass is 450 g/mol. The predicted molar refractivity (Wildman–Crippen MR) is 125 cm³/mol. The van der Waals surface area contributed by atoms with Crippen molar-refractivity contribution in [3.05, 3.63) is 62.8 Å². The Bertz CT molecular complexity index is 1380. The van der Waals surface area contributed by atoms with Crippen LogP contribution >= 0.6 is 0 Å². The van der Waals surface area contributed by atoms with Gasteiger partial charge in [0.2, 0.25) is 5.43 Å². The van der Waals surface area contributed by atoms with Crippen molar-refractivity contribution in [1.29, 1.82) is 0 Å². The second-order valence-electron chi connectivity index (χ2n) is 8.56. The highest BCUT2D eigenvalue weighted by Crippen LogP contribution is 2.48. The number of ether oxygens (including phenoxy) is 2. The molecule has 0 bridgehead atoms. The van der Waals surface area contributed by atoms with E-state index in [1.165, 1.54) is 25.3 Å². The van der Waals surface area contributed by atoms with Crippen molar-refractivity contribution < 1.29 is 29.2 Å². The summed E-state index contributed by atoms with van der Waals surface area (Å²) in [6, 6.07) is 4.00. The van der Waals surface area contributed by atoms with Crippen molar-refractivity contribution in [2.75, 3.05) is 7.11 Å². The fourth-order valence-electron chi connectivity index (χ4n) is 3.98. The Morgan fingerprint density at radius 3 is 2.36 bits per heavy atom. The minimum atomic E-state index is -0.801. The number of hydrogen-bond acceptors (Lipinski definition) is 7. The number of fused-ring (bicyclic) bond motifs is 4. The summed E-state index contributed by atoms with van der Waals surface area (Å²) < 4.78 is 17.8. The van der Waals surface area contributed by atoms with Crippen molar-refractivity contribution >= 4 is 11.0 Å². The van der Waals surface area contributed by atoms with Gasteiger partial charge in [-0.3, -0.25) is 4.79 Å². The molecule has 2 heterocycles. The first-order valence-electron chi connectivity index (χ1n) is 10.5. The Labute approximate surface area is 190 Å². The van der Waals surface area contributed by atoms with Gasteiger partial charge in [-0.15, -0.1) is 0 Å². The Morgan fingerprint density at radius 2 is 1.73 bits per heavy atom. The molecule has 0 amide bonds. The van der Waals surface area contributed by atoms with Crippen molar-refractivity contribution in [2.45, 2.75) is 40.2 Å². The van der Waals surface area contributed by atoms with Gasteiger partial charge < -0.3 is 29.2 Å². The zero-order valence-electron chi connectivity index (χ0n) is 19.1. The van der Waals surface area contributed by atoms with Gasteiger partial charge in [0, 0.05) is 17.7 Å². The van der Waals surface area contributed by atoms with Gasteiger partial charge in [-0.1, -0.05) is 17.2 Å². The number of allylic oxidation sites excluding steroid dienone is 3. The topological polar surface area (TPSA) is 109 Å². The smallest absolute Gasteiger partial charge is 0.204 e. The highest BCUT2D eigenvalue weighted by molar-refractivity contribution is 5.91. The molecule has 1 atom stereocenters. The molecule has 33 heavy (non-hydrogen) atoms. The zero-order chi connectivity index (χ0) is 24.0. The fraction of sp³-hybridized carbons (Fsp3) is 0.269. The van der Waals surface area contributed by atoms with Gasteiger partial charge in [0.15, 0.2) is 11.5 Å². The maximum absolute atomic E-state index is 13.7. The van der Waals surface area contributed by atoms with Crippen LogP contribution in [0.5, 0.6) is 28.7 Å². The number of aromatic hydroxyl groups is 3. The highest BCUT2D eigenvalue weighted by atomic mass is 16.5. The summed E-state index contributed by atoms with van der Waals surface area (Å²) in [5.74, 6) is -0.111. The van der Waals surface area contributed by atoms with Crippen LogP contribution in [0.1, 0.15) is 44.9 Å². The largest absolute Gasteiger partial charge is 0.507 e. The number of methoxy groups -OCH3 is 1. The van der Waals surface area contributed by atoms with Gasteiger partial charge in [-0.05, 0) is 46.3 Å². The first-order valence-corrected chi connectivity index (χ1v) is 10.5. The molecule has 0 spiro atoms. The average molecular weight is 450 g/mol. The number of benzene rings is 2. The van der Waals surface area contributed by atoms with Crippen molar-refractivity contribution in [3.63, 3.8) is 0 Å². The molecule has 3 N–H and O–H groups in total. The Hall–Kier alpha value is -3.87. The molecule has 7 nitrogen and oxygen atoms in total. The lowest BCUT2D eigenvalue weighted by molar-refractivity contribution is 0.243. The molecule has 2 aromatic carbocycles. The highest BCUT2D eigenvalue weighted by Gasteiger charge is 2.33. The van der Waals surface area contributed by atoms with E-state index in [1.54, 1.807) is 6.08 Å². The molecule has 1 aliphatic rings. The van der Waals surface area contributed by atoms with Crippen molar-refractivity contribution in [1.82, 2.24) is 0 Å². The van der Waals surface area contributed by atoms with Crippen LogP contribution in [-0.4, -0.2) is 22.4 Å². The van der Waals surface area contributed by atoms with Gasteiger partial charge in [0.25, 0.3) is 0 Å². The average Bonchev–Trinajstić information content (AvgIpc) is 2.73. The molecule has 4 rings (SSSR count). The number of phenols is 3. The molecule has 1 unspecified atom stereocenters. The lowest BCUT2D eigenvalue weighted by Crippen LogP contribution is -2.22. The van der Waals surface area contributed by atoms with Crippen LogP contribution in [0.3, 0.4) is 0 Å². The third kappa shape index (κ3) is 3.80. The van der Waals surface area contributed by atoms with Crippen LogP contribution in [0.25, 0.3) is 22.3 Å². The molecule has 0 fully saturated rings. The molecule has 0 aliphatic carbocycles. The molecular formula is C26H26O7. The minimum Gasteiger partial charge on any atom is -0.507 e. The van der Waals surface area contributed by atoms with Crippen LogP contribution < -0.4 is 14.9 Å². The summed E-state index contributed by atoms with van der Waals surface area (Å²) in [4.78, 5) is 13.7. The normalized spacial score (nSPS) is 14.2. The number of phenolic OH excluding ortho intramolecular Hbond substituents is 3. The molecule has 0 saturated carbocycles. The first kappa shape index (κ1) is 22.3. The van der Waals surface area contributed by atoms with E-state index >= 15 is 0 Å². The molecule has 0 radical (unpaired) electrons. The Morgan fingerprint density at radius 1 is 1.03 bits per heavy atom.